The normalized spacial score (nSPS) is 10.1. The summed E-state index contributed by atoms with van der Waals surface area (Å²) in [5, 5.41) is 2.81. The number of pyridine rings is 1. The molecule has 0 bridgehead atoms. The molecular formula is C13H10Br2N2O2. The average Bonchev–Trinajstić information content (AvgIpc) is 2.41. The van der Waals surface area contributed by atoms with Gasteiger partial charge in [-0.05, 0) is 56.1 Å². The number of amides is 1. The molecule has 1 aromatic heterocycles. The second-order valence-corrected chi connectivity index (χ2v) is 5.33. The molecule has 0 spiro atoms. The maximum atomic E-state index is 12.1. The highest BCUT2D eigenvalue weighted by molar-refractivity contribution is 9.10. The molecule has 4 nitrogen and oxygen atoms in total. The number of nitrogens with zero attached hydrogens (tertiary/aromatic N) is 1. The van der Waals surface area contributed by atoms with Gasteiger partial charge in [0.25, 0.3) is 5.91 Å². The van der Waals surface area contributed by atoms with Crippen molar-refractivity contribution in [1.82, 2.24) is 4.98 Å². The van der Waals surface area contributed by atoms with E-state index in [1.165, 1.54) is 0 Å². The number of halogens is 2. The molecule has 0 aliphatic carbocycles. The molecule has 2 aromatic rings. The van der Waals surface area contributed by atoms with Gasteiger partial charge in [0.2, 0.25) is 0 Å². The third-order valence-electron chi connectivity index (χ3n) is 2.41. The molecular weight excluding hydrogens is 376 g/mol. The third-order valence-corrected chi connectivity index (χ3v) is 3.54. The number of methoxy groups -OCH3 is 1. The Morgan fingerprint density at radius 2 is 2.05 bits per heavy atom. The van der Waals surface area contributed by atoms with Crippen LogP contribution in [0.1, 0.15) is 10.4 Å². The number of rotatable bonds is 3. The molecule has 1 N–H and O–H groups in total. The van der Waals surface area contributed by atoms with Gasteiger partial charge in [0, 0.05) is 22.3 Å². The number of nitrogens with one attached hydrogen (secondary N) is 1. The number of carbonyl (C=O) groups is 1. The Bertz CT molecular complexity index is 617. The molecule has 98 valence electrons. The maximum absolute atomic E-state index is 12.1. The van der Waals surface area contributed by atoms with E-state index in [9.17, 15) is 4.79 Å². The van der Waals surface area contributed by atoms with E-state index in [2.05, 4.69) is 42.2 Å². The minimum absolute atomic E-state index is 0.211. The van der Waals surface area contributed by atoms with Crippen LogP contribution in [0.4, 0.5) is 5.69 Å². The first-order valence-electron chi connectivity index (χ1n) is 5.36. The molecule has 1 amide bonds. The minimum atomic E-state index is -0.211. The smallest absolute Gasteiger partial charge is 0.255 e. The quantitative estimate of drug-likeness (QED) is 0.816. The summed E-state index contributed by atoms with van der Waals surface area (Å²) in [5.41, 5.74) is 1.17. The van der Waals surface area contributed by atoms with E-state index in [1.807, 2.05) is 12.1 Å². The van der Waals surface area contributed by atoms with E-state index in [-0.39, 0.29) is 5.91 Å². The highest BCUT2D eigenvalue weighted by atomic mass is 79.9. The summed E-state index contributed by atoms with van der Waals surface area (Å²) in [4.78, 5) is 16.1. The van der Waals surface area contributed by atoms with Crippen LogP contribution >= 0.6 is 31.9 Å². The van der Waals surface area contributed by atoms with Gasteiger partial charge in [0.15, 0.2) is 0 Å². The Hall–Kier alpha value is -1.40. The molecule has 0 saturated carbocycles. The monoisotopic (exact) mass is 384 g/mol. The molecule has 6 heteroatoms. The van der Waals surface area contributed by atoms with Gasteiger partial charge in [-0.3, -0.25) is 4.79 Å². The SMILES string of the molecule is COc1ccc(Br)c(NC(=O)c2ccnc(Br)c2)c1. The second-order valence-electron chi connectivity index (χ2n) is 3.67. The molecule has 2 rings (SSSR count). The largest absolute Gasteiger partial charge is 0.497 e. The summed E-state index contributed by atoms with van der Waals surface area (Å²) in [6.45, 7) is 0. The van der Waals surface area contributed by atoms with E-state index < -0.39 is 0 Å². The zero-order valence-electron chi connectivity index (χ0n) is 9.98. The average molecular weight is 386 g/mol. The van der Waals surface area contributed by atoms with Crippen LogP contribution < -0.4 is 10.1 Å². The Kier molecular flexibility index (Phi) is 4.55. The van der Waals surface area contributed by atoms with Crippen LogP contribution in [0.3, 0.4) is 0 Å². The first kappa shape index (κ1) is 14.0. The summed E-state index contributed by atoms with van der Waals surface area (Å²) in [7, 11) is 1.58. The van der Waals surface area contributed by atoms with Crippen LogP contribution in [0.15, 0.2) is 45.6 Å². The van der Waals surface area contributed by atoms with Gasteiger partial charge in [-0.1, -0.05) is 0 Å². The van der Waals surface area contributed by atoms with E-state index in [1.54, 1.807) is 31.5 Å². The molecule has 0 aliphatic heterocycles. The molecule has 1 aromatic carbocycles. The van der Waals surface area contributed by atoms with Gasteiger partial charge in [-0.15, -0.1) is 0 Å². The molecule has 1 heterocycles. The first-order valence-corrected chi connectivity index (χ1v) is 6.95. The zero-order valence-corrected chi connectivity index (χ0v) is 13.2. The second kappa shape index (κ2) is 6.16. The summed E-state index contributed by atoms with van der Waals surface area (Å²) >= 11 is 6.62. The fourth-order valence-electron chi connectivity index (χ4n) is 1.47. The van der Waals surface area contributed by atoms with Crippen molar-refractivity contribution in [2.75, 3.05) is 12.4 Å². The van der Waals surface area contributed by atoms with Crippen LogP contribution in [-0.2, 0) is 0 Å². The van der Waals surface area contributed by atoms with E-state index in [4.69, 9.17) is 4.74 Å². The standard InChI is InChI=1S/C13H10Br2N2O2/c1-19-9-2-3-10(14)11(7-9)17-13(18)8-4-5-16-12(15)6-8/h2-7H,1H3,(H,17,18). The molecule has 19 heavy (non-hydrogen) atoms. The van der Waals surface area contributed by atoms with Gasteiger partial charge in [-0.2, -0.15) is 0 Å². The fourth-order valence-corrected chi connectivity index (χ4v) is 2.18. The number of aromatic nitrogens is 1. The van der Waals surface area contributed by atoms with Gasteiger partial charge in [0.05, 0.1) is 12.8 Å². The summed E-state index contributed by atoms with van der Waals surface area (Å²) < 4.78 is 6.53. The van der Waals surface area contributed by atoms with Crippen molar-refractivity contribution in [3.05, 3.63) is 51.2 Å². The van der Waals surface area contributed by atoms with Gasteiger partial charge in [0.1, 0.15) is 10.4 Å². The van der Waals surface area contributed by atoms with Crippen LogP contribution in [0.25, 0.3) is 0 Å². The van der Waals surface area contributed by atoms with Crippen molar-refractivity contribution in [3.63, 3.8) is 0 Å². The van der Waals surface area contributed by atoms with E-state index in [0.717, 1.165) is 4.47 Å². The molecule has 0 atom stereocenters. The number of hydrogen-bond donors (Lipinski definition) is 1. The highest BCUT2D eigenvalue weighted by Gasteiger charge is 2.09. The van der Waals surface area contributed by atoms with Gasteiger partial charge >= 0.3 is 0 Å². The van der Waals surface area contributed by atoms with Crippen LogP contribution in [0, 0.1) is 0 Å². The van der Waals surface area contributed by atoms with Gasteiger partial charge < -0.3 is 10.1 Å². The summed E-state index contributed by atoms with van der Waals surface area (Å²) in [6, 6.07) is 8.68. The minimum Gasteiger partial charge on any atom is -0.497 e. The lowest BCUT2D eigenvalue weighted by atomic mass is 10.2. The van der Waals surface area contributed by atoms with E-state index >= 15 is 0 Å². The highest BCUT2D eigenvalue weighted by Crippen LogP contribution is 2.27. The van der Waals surface area contributed by atoms with Crippen molar-refractivity contribution in [2.24, 2.45) is 0 Å². The number of anilines is 1. The number of hydrogen-bond acceptors (Lipinski definition) is 3. The molecule has 0 unspecified atom stereocenters. The van der Waals surface area contributed by atoms with Crippen LogP contribution in [0.2, 0.25) is 0 Å². The van der Waals surface area contributed by atoms with Crippen LogP contribution in [-0.4, -0.2) is 18.0 Å². The predicted octanol–water partition coefficient (Wildman–Crippen LogP) is 3.87. The summed E-state index contributed by atoms with van der Waals surface area (Å²) in [5.74, 6) is 0.464. The number of ether oxygens (including phenoxy) is 1. The molecule has 0 saturated heterocycles. The molecule has 0 aliphatic rings. The first-order chi connectivity index (χ1) is 9.10. The fraction of sp³-hybridized carbons (Fsp3) is 0.0769. The Balaban J connectivity index is 2.23. The Labute approximate surface area is 127 Å². The lowest BCUT2D eigenvalue weighted by Crippen LogP contribution is -2.12. The summed E-state index contributed by atoms with van der Waals surface area (Å²) in [6.07, 6.45) is 1.57. The Morgan fingerprint density at radius 1 is 1.26 bits per heavy atom. The van der Waals surface area contributed by atoms with Crippen molar-refractivity contribution < 1.29 is 9.53 Å². The van der Waals surface area contributed by atoms with Crippen molar-refractivity contribution in [3.8, 4) is 5.75 Å². The molecule has 0 fully saturated rings. The topological polar surface area (TPSA) is 51.2 Å². The lowest BCUT2D eigenvalue weighted by molar-refractivity contribution is 0.102. The van der Waals surface area contributed by atoms with Gasteiger partial charge in [-0.25, -0.2) is 4.98 Å². The van der Waals surface area contributed by atoms with Crippen LogP contribution in [0.5, 0.6) is 5.75 Å². The Morgan fingerprint density at radius 3 is 2.74 bits per heavy atom. The zero-order chi connectivity index (χ0) is 13.8. The lowest BCUT2D eigenvalue weighted by Gasteiger charge is -2.09. The predicted molar refractivity (Wildman–Crippen MR) is 80.6 cm³/mol. The van der Waals surface area contributed by atoms with Crippen molar-refractivity contribution in [1.29, 1.82) is 0 Å². The van der Waals surface area contributed by atoms with Crippen molar-refractivity contribution >= 4 is 43.5 Å². The number of benzene rings is 1. The number of carbonyl (C=O) groups excluding carboxylic acids is 1. The van der Waals surface area contributed by atoms with Crippen molar-refractivity contribution in [2.45, 2.75) is 0 Å². The van der Waals surface area contributed by atoms with E-state index in [0.29, 0.717) is 21.6 Å². The molecule has 0 radical (unpaired) electrons. The third kappa shape index (κ3) is 3.54. The maximum Gasteiger partial charge on any atom is 0.255 e.